The van der Waals surface area contributed by atoms with Crippen molar-refractivity contribution in [3.8, 4) is 0 Å². The number of carbonyl (C=O) groups excluding carboxylic acids is 3. The van der Waals surface area contributed by atoms with E-state index < -0.39 is 18.0 Å². The molecule has 0 unspecified atom stereocenters. The highest BCUT2D eigenvalue weighted by atomic mass is 35.5. The predicted octanol–water partition coefficient (Wildman–Crippen LogP) is 1.62. The molecular formula is C13H15ClN2O5. The molecule has 1 aromatic rings. The minimum Gasteiger partial charge on any atom is -0.465 e. The van der Waals surface area contributed by atoms with E-state index in [9.17, 15) is 14.4 Å². The summed E-state index contributed by atoms with van der Waals surface area (Å²) in [7, 11) is 2.43. The maximum Gasteiger partial charge on any atom is 0.337 e. The van der Waals surface area contributed by atoms with Gasteiger partial charge in [0, 0.05) is 18.1 Å². The Morgan fingerprint density at radius 1 is 1.05 bits per heavy atom. The van der Waals surface area contributed by atoms with Gasteiger partial charge in [0.15, 0.2) is 0 Å². The number of methoxy groups -OCH3 is 2. The maximum atomic E-state index is 11.6. The number of esters is 2. The van der Waals surface area contributed by atoms with Crippen LogP contribution in [0.25, 0.3) is 0 Å². The van der Waals surface area contributed by atoms with Gasteiger partial charge in [0.1, 0.15) is 0 Å². The first-order chi connectivity index (χ1) is 10.0. The molecule has 0 aliphatic heterocycles. The lowest BCUT2D eigenvalue weighted by Crippen LogP contribution is -2.30. The number of hydrogen-bond donors (Lipinski definition) is 2. The molecule has 0 fully saturated rings. The minimum absolute atomic E-state index is 0.119. The molecule has 0 aromatic heterocycles. The molecule has 2 N–H and O–H groups in total. The van der Waals surface area contributed by atoms with Crippen molar-refractivity contribution in [2.24, 2.45) is 0 Å². The Balaban J connectivity index is 3.04. The number of anilines is 1. The van der Waals surface area contributed by atoms with Gasteiger partial charge in [-0.25, -0.2) is 14.4 Å². The van der Waals surface area contributed by atoms with Gasteiger partial charge >= 0.3 is 18.0 Å². The molecule has 0 aliphatic rings. The van der Waals surface area contributed by atoms with Crippen molar-refractivity contribution in [3.63, 3.8) is 0 Å². The minimum atomic E-state index is -0.634. The van der Waals surface area contributed by atoms with Crippen LogP contribution in [-0.2, 0) is 9.47 Å². The monoisotopic (exact) mass is 314 g/mol. The van der Waals surface area contributed by atoms with Crippen LogP contribution in [0.5, 0.6) is 0 Å². The van der Waals surface area contributed by atoms with Crippen LogP contribution in [0.1, 0.15) is 20.7 Å². The predicted molar refractivity (Wildman–Crippen MR) is 76.9 cm³/mol. The molecule has 7 nitrogen and oxygen atoms in total. The fourth-order valence-electron chi connectivity index (χ4n) is 1.51. The third kappa shape index (κ3) is 4.96. The maximum absolute atomic E-state index is 11.6. The number of hydrogen-bond acceptors (Lipinski definition) is 5. The van der Waals surface area contributed by atoms with Crippen molar-refractivity contribution >= 4 is 35.3 Å². The normalized spacial score (nSPS) is 9.67. The van der Waals surface area contributed by atoms with E-state index in [0.717, 1.165) is 0 Å². The fraction of sp³-hybridized carbons (Fsp3) is 0.308. The summed E-state index contributed by atoms with van der Waals surface area (Å²) in [5.41, 5.74) is 0.492. The Labute approximate surface area is 126 Å². The molecule has 0 heterocycles. The second kappa shape index (κ2) is 8.11. The summed E-state index contributed by atoms with van der Waals surface area (Å²) < 4.78 is 9.19. The standard InChI is InChI=1S/C13H15ClN2O5/c1-20-11(17)8-5-9(12(18)21-2)7-10(6-8)16-13(19)15-4-3-14/h5-7H,3-4H2,1-2H3,(H2,15,16,19). The van der Waals surface area contributed by atoms with E-state index in [1.807, 2.05) is 0 Å². The van der Waals surface area contributed by atoms with Crippen LogP contribution < -0.4 is 10.6 Å². The average molecular weight is 315 g/mol. The summed E-state index contributed by atoms with van der Waals surface area (Å²) in [6.07, 6.45) is 0. The fourth-order valence-corrected chi connectivity index (χ4v) is 1.60. The first kappa shape index (κ1) is 16.8. The molecule has 0 spiro atoms. The van der Waals surface area contributed by atoms with Crippen molar-refractivity contribution in [1.29, 1.82) is 0 Å². The van der Waals surface area contributed by atoms with E-state index in [1.165, 1.54) is 32.4 Å². The van der Waals surface area contributed by atoms with E-state index in [2.05, 4.69) is 20.1 Å². The summed E-state index contributed by atoms with van der Waals surface area (Å²) in [4.78, 5) is 34.7. The largest absolute Gasteiger partial charge is 0.465 e. The van der Waals surface area contributed by atoms with Gasteiger partial charge in [0.05, 0.1) is 25.3 Å². The molecule has 0 saturated heterocycles. The van der Waals surface area contributed by atoms with E-state index in [1.54, 1.807) is 0 Å². The second-order valence-corrected chi connectivity index (χ2v) is 4.23. The molecule has 0 saturated carbocycles. The molecule has 1 rings (SSSR count). The molecule has 0 aliphatic carbocycles. The number of ether oxygens (including phenoxy) is 2. The first-order valence-electron chi connectivity index (χ1n) is 5.94. The van der Waals surface area contributed by atoms with E-state index in [-0.39, 0.29) is 29.2 Å². The average Bonchev–Trinajstić information content (AvgIpc) is 2.50. The zero-order valence-electron chi connectivity index (χ0n) is 11.6. The van der Waals surface area contributed by atoms with E-state index in [4.69, 9.17) is 11.6 Å². The lowest BCUT2D eigenvalue weighted by molar-refractivity contribution is 0.0599. The van der Waals surface area contributed by atoms with Crippen LogP contribution >= 0.6 is 11.6 Å². The van der Waals surface area contributed by atoms with Gasteiger partial charge in [0.25, 0.3) is 0 Å². The molecule has 8 heteroatoms. The van der Waals surface area contributed by atoms with Crippen molar-refractivity contribution in [2.75, 3.05) is 32.0 Å². The molecular weight excluding hydrogens is 300 g/mol. The van der Waals surface area contributed by atoms with E-state index in [0.29, 0.717) is 0 Å². The summed E-state index contributed by atoms with van der Waals surface area (Å²) in [5.74, 6) is -1.00. The number of urea groups is 1. The molecule has 0 bridgehead atoms. The van der Waals surface area contributed by atoms with Crippen molar-refractivity contribution < 1.29 is 23.9 Å². The number of rotatable bonds is 5. The molecule has 114 valence electrons. The number of benzene rings is 1. The quantitative estimate of drug-likeness (QED) is 0.636. The topological polar surface area (TPSA) is 93.7 Å². The zero-order chi connectivity index (χ0) is 15.8. The van der Waals surface area contributed by atoms with Gasteiger partial charge in [-0.1, -0.05) is 0 Å². The number of amides is 2. The Bertz CT molecular complexity index is 513. The van der Waals surface area contributed by atoms with Gasteiger partial charge in [-0.05, 0) is 18.2 Å². The summed E-state index contributed by atoms with van der Waals surface area (Å²) in [5, 5.41) is 4.98. The van der Waals surface area contributed by atoms with Crippen molar-refractivity contribution in [2.45, 2.75) is 0 Å². The molecule has 1 aromatic carbocycles. The van der Waals surface area contributed by atoms with Gasteiger partial charge in [-0.2, -0.15) is 0 Å². The molecule has 0 radical (unpaired) electrons. The smallest absolute Gasteiger partial charge is 0.337 e. The highest BCUT2D eigenvalue weighted by Gasteiger charge is 2.14. The highest BCUT2D eigenvalue weighted by Crippen LogP contribution is 2.17. The van der Waals surface area contributed by atoms with Gasteiger partial charge in [-0.3, -0.25) is 0 Å². The number of alkyl halides is 1. The molecule has 21 heavy (non-hydrogen) atoms. The third-order valence-corrected chi connectivity index (χ3v) is 2.60. The second-order valence-electron chi connectivity index (χ2n) is 3.85. The van der Waals surface area contributed by atoms with Crippen LogP contribution in [0.4, 0.5) is 10.5 Å². The summed E-state index contributed by atoms with van der Waals surface area (Å²) >= 11 is 5.45. The van der Waals surface area contributed by atoms with Crippen molar-refractivity contribution in [3.05, 3.63) is 29.3 Å². The van der Waals surface area contributed by atoms with Crippen LogP contribution in [0.2, 0.25) is 0 Å². The van der Waals surface area contributed by atoms with Crippen LogP contribution in [0.3, 0.4) is 0 Å². The number of carbonyl (C=O) groups is 3. The summed E-state index contributed by atoms with van der Waals surface area (Å²) in [6.45, 7) is 0.286. The lowest BCUT2D eigenvalue weighted by atomic mass is 10.1. The summed E-state index contributed by atoms with van der Waals surface area (Å²) in [6, 6.07) is 3.59. The van der Waals surface area contributed by atoms with Crippen molar-refractivity contribution in [1.82, 2.24) is 5.32 Å². The first-order valence-corrected chi connectivity index (χ1v) is 6.47. The van der Waals surface area contributed by atoms with Crippen LogP contribution in [0.15, 0.2) is 18.2 Å². The number of nitrogens with one attached hydrogen (secondary N) is 2. The highest BCUT2D eigenvalue weighted by molar-refractivity contribution is 6.18. The number of halogens is 1. The van der Waals surface area contributed by atoms with Gasteiger partial charge < -0.3 is 20.1 Å². The Kier molecular flexibility index (Phi) is 6.48. The van der Waals surface area contributed by atoms with Gasteiger partial charge in [0.2, 0.25) is 0 Å². The van der Waals surface area contributed by atoms with Crippen LogP contribution in [-0.4, -0.2) is 44.6 Å². The van der Waals surface area contributed by atoms with E-state index >= 15 is 0 Å². The lowest BCUT2D eigenvalue weighted by Gasteiger charge is -2.10. The Morgan fingerprint density at radius 2 is 1.57 bits per heavy atom. The Hall–Kier alpha value is -2.28. The molecule has 2 amide bonds. The van der Waals surface area contributed by atoms with Gasteiger partial charge in [-0.15, -0.1) is 11.6 Å². The third-order valence-electron chi connectivity index (χ3n) is 2.41. The SMILES string of the molecule is COC(=O)c1cc(NC(=O)NCCCl)cc(C(=O)OC)c1. The zero-order valence-corrected chi connectivity index (χ0v) is 12.3. The Morgan fingerprint density at radius 3 is 2.00 bits per heavy atom. The van der Waals surface area contributed by atoms with Crippen LogP contribution in [0, 0.1) is 0 Å². The molecule has 0 atom stereocenters.